The summed E-state index contributed by atoms with van der Waals surface area (Å²) in [6, 6.07) is 7.68. The summed E-state index contributed by atoms with van der Waals surface area (Å²) in [5, 5.41) is 9.96. The highest BCUT2D eigenvalue weighted by molar-refractivity contribution is 5.27. The van der Waals surface area contributed by atoms with Crippen LogP contribution in [0.3, 0.4) is 0 Å². The Labute approximate surface area is 90.9 Å². The van der Waals surface area contributed by atoms with Crippen molar-refractivity contribution in [2.24, 2.45) is 5.73 Å². The van der Waals surface area contributed by atoms with Crippen LogP contribution in [-0.2, 0) is 4.74 Å². The van der Waals surface area contributed by atoms with Gasteiger partial charge >= 0.3 is 0 Å². The normalized spacial score (nSPS) is 14.9. The molecule has 84 valence electrons. The Morgan fingerprint density at radius 3 is 2.67 bits per heavy atom. The van der Waals surface area contributed by atoms with E-state index in [1.165, 1.54) is 0 Å². The number of methoxy groups -OCH3 is 1. The van der Waals surface area contributed by atoms with Gasteiger partial charge in [0.2, 0.25) is 0 Å². The van der Waals surface area contributed by atoms with Crippen LogP contribution in [-0.4, -0.2) is 24.9 Å². The maximum atomic E-state index is 9.96. The summed E-state index contributed by atoms with van der Waals surface area (Å²) in [6.45, 7) is 2.46. The summed E-state index contributed by atoms with van der Waals surface area (Å²) >= 11 is 0. The molecule has 2 unspecified atom stereocenters. The molecule has 2 atom stereocenters. The molecule has 15 heavy (non-hydrogen) atoms. The molecule has 3 N–H and O–H groups in total. The zero-order valence-corrected chi connectivity index (χ0v) is 9.31. The van der Waals surface area contributed by atoms with Crippen LogP contribution in [0.5, 0.6) is 0 Å². The molecule has 1 aromatic carbocycles. The van der Waals surface area contributed by atoms with Crippen LogP contribution in [0.1, 0.15) is 23.7 Å². The Morgan fingerprint density at radius 2 is 2.07 bits per heavy atom. The van der Waals surface area contributed by atoms with Crippen LogP contribution in [0.4, 0.5) is 0 Å². The number of aliphatic hydroxyl groups is 1. The number of hydrogen-bond donors (Lipinski definition) is 2. The fourth-order valence-corrected chi connectivity index (χ4v) is 1.66. The number of rotatable bonds is 5. The van der Waals surface area contributed by atoms with Gasteiger partial charge in [0.25, 0.3) is 0 Å². The van der Waals surface area contributed by atoms with Crippen molar-refractivity contribution >= 4 is 0 Å². The molecule has 0 heterocycles. The number of ether oxygens (including phenoxy) is 1. The fourth-order valence-electron chi connectivity index (χ4n) is 1.66. The van der Waals surface area contributed by atoms with Crippen LogP contribution in [0.15, 0.2) is 24.3 Å². The molecule has 0 aliphatic carbocycles. The Balaban J connectivity index is 2.61. The minimum Gasteiger partial charge on any atom is -0.388 e. The largest absolute Gasteiger partial charge is 0.388 e. The summed E-state index contributed by atoms with van der Waals surface area (Å²) in [4.78, 5) is 0. The molecular formula is C12H19NO2. The van der Waals surface area contributed by atoms with Gasteiger partial charge in [0.15, 0.2) is 0 Å². The smallest absolute Gasteiger partial charge is 0.0808 e. The maximum absolute atomic E-state index is 9.96. The molecule has 0 saturated heterocycles. The molecule has 0 bridgehead atoms. The first kappa shape index (κ1) is 12.2. The number of hydrogen-bond acceptors (Lipinski definition) is 3. The molecule has 1 rings (SSSR count). The van der Waals surface area contributed by atoms with Gasteiger partial charge in [-0.3, -0.25) is 0 Å². The molecule has 1 aromatic rings. The van der Waals surface area contributed by atoms with Crippen molar-refractivity contribution in [3.05, 3.63) is 35.4 Å². The van der Waals surface area contributed by atoms with E-state index in [4.69, 9.17) is 10.5 Å². The standard InChI is InChI=1S/C12H19NO2/c1-9-5-3-4-6-11(9)12(14)7-10(13)8-15-2/h3-6,10,12,14H,7-8,13H2,1-2H3. The van der Waals surface area contributed by atoms with E-state index in [-0.39, 0.29) is 6.04 Å². The van der Waals surface area contributed by atoms with E-state index >= 15 is 0 Å². The lowest BCUT2D eigenvalue weighted by molar-refractivity contribution is 0.122. The zero-order valence-electron chi connectivity index (χ0n) is 9.31. The maximum Gasteiger partial charge on any atom is 0.0808 e. The number of aryl methyl sites for hydroxylation is 1. The molecule has 0 fully saturated rings. The Bertz CT molecular complexity index is 301. The van der Waals surface area contributed by atoms with Gasteiger partial charge in [0, 0.05) is 13.2 Å². The first-order valence-corrected chi connectivity index (χ1v) is 5.13. The monoisotopic (exact) mass is 209 g/mol. The van der Waals surface area contributed by atoms with Gasteiger partial charge in [-0.2, -0.15) is 0 Å². The molecule has 3 nitrogen and oxygen atoms in total. The first-order valence-electron chi connectivity index (χ1n) is 5.13. The summed E-state index contributed by atoms with van der Waals surface area (Å²) in [6.07, 6.45) is 0.0231. The van der Waals surface area contributed by atoms with Crippen LogP contribution >= 0.6 is 0 Å². The predicted octanol–water partition coefficient (Wildman–Crippen LogP) is 1.39. The highest BCUT2D eigenvalue weighted by Gasteiger charge is 2.13. The second-order valence-electron chi connectivity index (χ2n) is 3.82. The molecular weight excluding hydrogens is 190 g/mol. The van der Waals surface area contributed by atoms with E-state index < -0.39 is 6.10 Å². The van der Waals surface area contributed by atoms with Gasteiger partial charge in [-0.05, 0) is 24.5 Å². The third kappa shape index (κ3) is 3.63. The second-order valence-corrected chi connectivity index (χ2v) is 3.82. The molecule has 0 aliphatic heterocycles. The fraction of sp³-hybridized carbons (Fsp3) is 0.500. The first-order chi connectivity index (χ1) is 7.15. The molecule has 3 heteroatoms. The second kappa shape index (κ2) is 5.85. The molecule has 0 spiro atoms. The number of nitrogens with two attached hydrogens (primary N) is 1. The van der Waals surface area contributed by atoms with E-state index in [2.05, 4.69) is 0 Å². The van der Waals surface area contributed by atoms with E-state index in [0.717, 1.165) is 11.1 Å². The van der Waals surface area contributed by atoms with Crippen molar-refractivity contribution in [1.29, 1.82) is 0 Å². The summed E-state index contributed by atoms with van der Waals surface area (Å²) < 4.78 is 4.93. The summed E-state index contributed by atoms with van der Waals surface area (Å²) in [5.41, 5.74) is 7.83. The lowest BCUT2D eigenvalue weighted by Crippen LogP contribution is -2.28. The highest BCUT2D eigenvalue weighted by Crippen LogP contribution is 2.20. The van der Waals surface area contributed by atoms with Crippen molar-refractivity contribution in [3.63, 3.8) is 0 Å². The highest BCUT2D eigenvalue weighted by atomic mass is 16.5. The molecule has 0 saturated carbocycles. The number of benzene rings is 1. The van der Waals surface area contributed by atoms with Gasteiger partial charge in [-0.25, -0.2) is 0 Å². The van der Waals surface area contributed by atoms with E-state index in [0.29, 0.717) is 13.0 Å². The molecule has 0 radical (unpaired) electrons. The average Bonchev–Trinajstić information content (AvgIpc) is 2.18. The van der Waals surface area contributed by atoms with Crippen LogP contribution in [0, 0.1) is 6.92 Å². The summed E-state index contributed by atoms with van der Waals surface area (Å²) in [7, 11) is 1.61. The third-order valence-corrected chi connectivity index (χ3v) is 2.45. The summed E-state index contributed by atoms with van der Waals surface area (Å²) in [5.74, 6) is 0. The van der Waals surface area contributed by atoms with Crippen molar-refractivity contribution < 1.29 is 9.84 Å². The Morgan fingerprint density at radius 1 is 1.40 bits per heavy atom. The Kier molecular flexibility index (Phi) is 4.75. The topological polar surface area (TPSA) is 55.5 Å². The van der Waals surface area contributed by atoms with E-state index in [1.807, 2.05) is 31.2 Å². The van der Waals surface area contributed by atoms with Gasteiger partial charge < -0.3 is 15.6 Å². The molecule has 0 amide bonds. The Hall–Kier alpha value is -0.900. The lowest BCUT2D eigenvalue weighted by atomic mass is 9.99. The van der Waals surface area contributed by atoms with Gasteiger partial charge in [-0.15, -0.1) is 0 Å². The van der Waals surface area contributed by atoms with Crippen LogP contribution in [0.25, 0.3) is 0 Å². The lowest BCUT2D eigenvalue weighted by Gasteiger charge is -2.17. The third-order valence-electron chi connectivity index (χ3n) is 2.45. The van der Waals surface area contributed by atoms with Crippen molar-refractivity contribution in [3.8, 4) is 0 Å². The van der Waals surface area contributed by atoms with E-state index in [9.17, 15) is 5.11 Å². The zero-order chi connectivity index (χ0) is 11.3. The van der Waals surface area contributed by atoms with Crippen LogP contribution < -0.4 is 5.73 Å². The van der Waals surface area contributed by atoms with Gasteiger partial charge in [0.05, 0.1) is 12.7 Å². The van der Waals surface area contributed by atoms with Gasteiger partial charge in [0.1, 0.15) is 0 Å². The van der Waals surface area contributed by atoms with Gasteiger partial charge in [-0.1, -0.05) is 24.3 Å². The van der Waals surface area contributed by atoms with E-state index in [1.54, 1.807) is 7.11 Å². The molecule has 0 aromatic heterocycles. The number of aliphatic hydroxyl groups excluding tert-OH is 1. The predicted molar refractivity (Wildman–Crippen MR) is 60.6 cm³/mol. The molecule has 0 aliphatic rings. The average molecular weight is 209 g/mol. The van der Waals surface area contributed by atoms with Crippen molar-refractivity contribution in [1.82, 2.24) is 0 Å². The van der Waals surface area contributed by atoms with Crippen LogP contribution in [0.2, 0.25) is 0 Å². The quantitative estimate of drug-likeness (QED) is 0.770. The van der Waals surface area contributed by atoms with Crippen molar-refractivity contribution in [2.75, 3.05) is 13.7 Å². The minimum atomic E-state index is -0.503. The van der Waals surface area contributed by atoms with Crippen molar-refractivity contribution in [2.45, 2.75) is 25.5 Å². The SMILES string of the molecule is COCC(N)CC(O)c1ccccc1C. The minimum absolute atomic E-state index is 0.121.